The van der Waals surface area contributed by atoms with Gasteiger partial charge in [-0.1, -0.05) is 19.9 Å². The van der Waals surface area contributed by atoms with E-state index in [1.807, 2.05) is 13.0 Å². The molecule has 0 aliphatic rings. The molecule has 0 amide bonds. The van der Waals surface area contributed by atoms with E-state index in [1.54, 1.807) is 12.1 Å². The van der Waals surface area contributed by atoms with Gasteiger partial charge >= 0.3 is 5.97 Å². The molecule has 5 heteroatoms. The largest absolute Gasteiger partial charge is 0.465 e. The van der Waals surface area contributed by atoms with Crippen LogP contribution in [0.4, 0.5) is 5.69 Å². The molecule has 0 spiro atoms. The minimum absolute atomic E-state index is 0.343. The zero-order valence-corrected chi connectivity index (χ0v) is 13.3. The van der Waals surface area contributed by atoms with Gasteiger partial charge in [0, 0.05) is 11.7 Å². The molecule has 0 unspecified atom stereocenters. The van der Waals surface area contributed by atoms with Crippen LogP contribution in [0, 0.1) is 6.92 Å². The SMILES string of the molecule is CCC(CC)NC(=S)Nc1cccc(C(=O)OC)c1C. The van der Waals surface area contributed by atoms with E-state index in [0.29, 0.717) is 16.7 Å². The molecule has 4 nitrogen and oxygen atoms in total. The van der Waals surface area contributed by atoms with Gasteiger partial charge in [0.2, 0.25) is 0 Å². The number of carbonyl (C=O) groups is 1. The van der Waals surface area contributed by atoms with Gasteiger partial charge in [-0.15, -0.1) is 0 Å². The summed E-state index contributed by atoms with van der Waals surface area (Å²) in [6.07, 6.45) is 2.03. The molecule has 20 heavy (non-hydrogen) atoms. The molecule has 0 saturated carbocycles. The fraction of sp³-hybridized carbons (Fsp3) is 0.467. The highest BCUT2D eigenvalue weighted by molar-refractivity contribution is 7.80. The lowest BCUT2D eigenvalue weighted by atomic mass is 10.1. The number of carbonyl (C=O) groups excluding carboxylic acids is 1. The van der Waals surface area contributed by atoms with Crippen molar-refractivity contribution >= 4 is 29.0 Å². The number of nitrogens with one attached hydrogen (secondary N) is 2. The maximum atomic E-state index is 11.6. The summed E-state index contributed by atoms with van der Waals surface area (Å²) in [5.74, 6) is -0.343. The number of benzene rings is 1. The quantitative estimate of drug-likeness (QED) is 0.645. The molecule has 0 atom stereocenters. The van der Waals surface area contributed by atoms with E-state index in [-0.39, 0.29) is 5.97 Å². The van der Waals surface area contributed by atoms with Crippen LogP contribution in [0.1, 0.15) is 42.6 Å². The highest BCUT2D eigenvalue weighted by Gasteiger charge is 2.13. The Labute approximate surface area is 125 Å². The van der Waals surface area contributed by atoms with Gasteiger partial charge in [-0.3, -0.25) is 0 Å². The molecule has 0 heterocycles. The van der Waals surface area contributed by atoms with Crippen molar-refractivity contribution in [2.45, 2.75) is 39.7 Å². The van der Waals surface area contributed by atoms with Crippen LogP contribution in [0.25, 0.3) is 0 Å². The smallest absolute Gasteiger partial charge is 0.338 e. The van der Waals surface area contributed by atoms with Gasteiger partial charge in [-0.25, -0.2) is 4.79 Å². The molecule has 0 aliphatic heterocycles. The zero-order valence-electron chi connectivity index (χ0n) is 12.4. The first-order valence-electron chi connectivity index (χ1n) is 6.78. The Morgan fingerprint density at radius 2 is 2.00 bits per heavy atom. The molecule has 110 valence electrons. The standard InChI is InChI=1S/C15H22N2O2S/c1-5-11(6-2)16-15(20)17-13-9-7-8-12(10(13)3)14(18)19-4/h7-9,11H,5-6H2,1-4H3,(H2,16,17,20). The lowest BCUT2D eigenvalue weighted by Crippen LogP contribution is -2.37. The van der Waals surface area contributed by atoms with Crippen molar-refractivity contribution in [3.8, 4) is 0 Å². The van der Waals surface area contributed by atoms with E-state index in [4.69, 9.17) is 17.0 Å². The van der Waals surface area contributed by atoms with E-state index >= 15 is 0 Å². The molecular weight excluding hydrogens is 272 g/mol. The second-order valence-corrected chi connectivity index (χ2v) is 4.99. The predicted molar refractivity (Wildman–Crippen MR) is 86.2 cm³/mol. The lowest BCUT2D eigenvalue weighted by Gasteiger charge is -2.19. The van der Waals surface area contributed by atoms with Gasteiger partial charge in [-0.05, 0) is 49.7 Å². The minimum atomic E-state index is -0.343. The topological polar surface area (TPSA) is 50.4 Å². The van der Waals surface area contributed by atoms with Crippen LogP contribution in [0.5, 0.6) is 0 Å². The van der Waals surface area contributed by atoms with Crippen molar-refractivity contribution in [3.05, 3.63) is 29.3 Å². The Hall–Kier alpha value is -1.62. The van der Waals surface area contributed by atoms with Crippen molar-refractivity contribution in [3.63, 3.8) is 0 Å². The molecule has 0 bridgehead atoms. The highest BCUT2D eigenvalue weighted by atomic mass is 32.1. The van der Waals surface area contributed by atoms with Crippen molar-refractivity contribution < 1.29 is 9.53 Å². The average Bonchev–Trinajstić information content (AvgIpc) is 2.46. The number of hydrogen-bond donors (Lipinski definition) is 2. The molecule has 1 aromatic carbocycles. The Balaban J connectivity index is 2.83. The summed E-state index contributed by atoms with van der Waals surface area (Å²) in [6.45, 7) is 6.11. The summed E-state index contributed by atoms with van der Waals surface area (Å²) in [7, 11) is 1.38. The number of hydrogen-bond acceptors (Lipinski definition) is 3. The molecule has 1 rings (SSSR count). The maximum Gasteiger partial charge on any atom is 0.338 e. The second-order valence-electron chi connectivity index (χ2n) is 4.58. The van der Waals surface area contributed by atoms with Gasteiger partial charge in [-0.2, -0.15) is 0 Å². The van der Waals surface area contributed by atoms with Gasteiger partial charge < -0.3 is 15.4 Å². The van der Waals surface area contributed by atoms with Crippen LogP contribution >= 0.6 is 12.2 Å². The third kappa shape index (κ3) is 4.20. The van der Waals surface area contributed by atoms with E-state index in [2.05, 4.69) is 24.5 Å². The zero-order chi connectivity index (χ0) is 15.1. The Morgan fingerprint density at radius 1 is 1.35 bits per heavy atom. The number of anilines is 1. The van der Waals surface area contributed by atoms with Crippen molar-refractivity contribution in [2.24, 2.45) is 0 Å². The molecule has 0 saturated heterocycles. The number of rotatable bonds is 5. The maximum absolute atomic E-state index is 11.6. The molecule has 0 fully saturated rings. The van der Waals surface area contributed by atoms with E-state index in [1.165, 1.54) is 7.11 Å². The molecule has 2 N–H and O–H groups in total. The first-order valence-corrected chi connectivity index (χ1v) is 7.19. The summed E-state index contributed by atoms with van der Waals surface area (Å²) in [5.41, 5.74) is 2.19. The van der Waals surface area contributed by atoms with Crippen LogP contribution in [0.2, 0.25) is 0 Å². The van der Waals surface area contributed by atoms with E-state index in [9.17, 15) is 4.79 Å². The van der Waals surface area contributed by atoms with Crippen molar-refractivity contribution in [2.75, 3.05) is 12.4 Å². The van der Waals surface area contributed by atoms with Crippen LogP contribution in [0.15, 0.2) is 18.2 Å². The summed E-state index contributed by atoms with van der Waals surface area (Å²) < 4.78 is 4.76. The third-order valence-corrected chi connectivity index (χ3v) is 3.53. The van der Waals surface area contributed by atoms with E-state index in [0.717, 1.165) is 24.1 Å². The normalized spacial score (nSPS) is 10.2. The first-order chi connectivity index (χ1) is 9.53. The van der Waals surface area contributed by atoms with Crippen LogP contribution in [-0.4, -0.2) is 24.2 Å². The van der Waals surface area contributed by atoms with Gasteiger partial charge in [0.25, 0.3) is 0 Å². The van der Waals surface area contributed by atoms with Gasteiger partial charge in [0.1, 0.15) is 0 Å². The van der Waals surface area contributed by atoms with Crippen molar-refractivity contribution in [1.29, 1.82) is 0 Å². The first kappa shape index (κ1) is 16.4. The molecule has 0 radical (unpaired) electrons. The number of esters is 1. The monoisotopic (exact) mass is 294 g/mol. The highest BCUT2D eigenvalue weighted by Crippen LogP contribution is 2.19. The number of ether oxygens (including phenoxy) is 1. The van der Waals surface area contributed by atoms with Crippen molar-refractivity contribution in [1.82, 2.24) is 5.32 Å². The summed E-state index contributed by atoms with van der Waals surface area (Å²) in [4.78, 5) is 11.6. The average molecular weight is 294 g/mol. The summed E-state index contributed by atoms with van der Waals surface area (Å²) >= 11 is 5.30. The fourth-order valence-corrected chi connectivity index (χ4v) is 2.22. The number of methoxy groups -OCH3 is 1. The molecule has 0 aliphatic carbocycles. The second kappa shape index (κ2) is 7.85. The summed E-state index contributed by atoms with van der Waals surface area (Å²) in [5, 5.41) is 6.97. The Bertz CT molecular complexity index is 485. The van der Waals surface area contributed by atoms with Crippen LogP contribution < -0.4 is 10.6 Å². The van der Waals surface area contributed by atoms with Gasteiger partial charge in [0.15, 0.2) is 5.11 Å². The van der Waals surface area contributed by atoms with Crippen LogP contribution in [0.3, 0.4) is 0 Å². The van der Waals surface area contributed by atoms with Crippen LogP contribution in [-0.2, 0) is 4.74 Å². The summed E-state index contributed by atoms with van der Waals surface area (Å²) in [6, 6.07) is 5.80. The Kier molecular flexibility index (Phi) is 6.45. The number of thiocarbonyl (C=S) groups is 1. The molecular formula is C15H22N2O2S. The third-order valence-electron chi connectivity index (χ3n) is 3.31. The minimum Gasteiger partial charge on any atom is -0.465 e. The molecule has 0 aromatic heterocycles. The van der Waals surface area contributed by atoms with E-state index < -0.39 is 0 Å². The molecule has 1 aromatic rings. The Morgan fingerprint density at radius 3 is 2.55 bits per heavy atom. The van der Waals surface area contributed by atoms with Gasteiger partial charge in [0.05, 0.1) is 12.7 Å². The fourth-order valence-electron chi connectivity index (χ4n) is 1.94. The predicted octanol–water partition coefficient (Wildman–Crippen LogP) is 3.26. The lowest BCUT2D eigenvalue weighted by molar-refractivity contribution is 0.0600.